The molecule has 0 aromatic heterocycles. The smallest absolute Gasteiger partial charge is 0.206 e. The van der Waals surface area contributed by atoms with Crippen molar-refractivity contribution in [3.8, 4) is 11.1 Å². The Labute approximate surface area is 171 Å². The Morgan fingerprint density at radius 3 is 2.17 bits per heavy atom. The fraction of sp³-hybridized carbons (Fsp3) is 0.520. The molecule has 1 fully saturated rings. The van der Waals surface area contributed by atoms with E-state index < -0.39 is 17.6 Å². The van der Waals surface area contributed by atoms with Gasteiger partial charge < -0.3 is 0 Å². The Morgan fingerprint density at radius 1 is 0.931 bits per heavy atom. The second-order valence-electron chi connectivity index (χ2n) is 8.79. The molecule has 0 nitrogen and oxygen atoms in total. The van der Waals surface area contributed by atoms with E-state index in [1.165, 1.54) is 25.3 Å². The topological polar surface area (TPSA) is 0 Å². The van der Waals surface area contributed by atoms with Crippen molar-refractivity contribution in [2.45, 2.75) is 70.9 Å². The predicted molar refractivity (Wildman–Crippen MR) is 110 cm³/mol. The number of hydrogen-bond donors (Lipinski definition) is 0. The van der Waals surface area contributed by atoms with E-state index in [4.69, 9.17) is 0 Å². The molecule has 158 valence electrons. The average molecular weight is 407 g/mol. The minimum absolute atomic E-state index is 0.158. The first-order valence-electron chi connectivity index (χ1n) is 10.7. The van der Waals surface area contributed by atoms with E-state index in [9.17, 15) is 13.2 Å². The van der Waals surface area contributed by atoms with Gasteiger partial charge in [-0.1, -0.05) is 69.5 Å². The zero-order valence-electron chi connectivity index (χ0n) is 17.2. The monoisotopic (exact) mass is 406 g/mol. The summed E-state index contributed by atoms with van der Waals surface area (Å²) in [6.07, 6.45) is 2.33. The molecular weight excluding hydrogens is 376 g/mol. The van der Waals surface area contributed by atoms with Crippen LogP contribution < -0.4 is 0 Å². The molecule has 0 atom stereocenters. The fourth-order valence-electron chi connectivity index (χ4n) is 4.63. The molecule has 2 aromatic carbocycles. The van der Waals surface area contributed by atoms with Crippen LogP contribution in [0.4, 0.5) is 17.6 Å². The SMILES string of the molecule is CC(C)CCCC1CCC(c2c(-c3ccccc3)ccc(C(F)(F)F)c2F)CC1. The minimum Gasteiger partial charge on any atom is -0.206 e. The summed E-state index contributed by atoms with van der Waals surface area (Å²) in [7, 11) is 0. The van der Waals surface area contributed by atoms with Crippen LogP contribution in [-0.4, -0.2) is 0 Å². The van der Waals surface area contributed by atoms with Crippen LogP contribution in [0.15, 0.2) is 42.5 Å². The van der Waals surface area contributed by atoms with Gasteiger partial charge >= 0.3 is 6.18 Å². The van der Waals surface area contributed by atoms with Crippen LogP contribution in [0, 0.1) is 17.7 Å². The minimum atomic E-state index is -4.68. The lowest BCUT2D eigenvalue weighted by molar-refractivity contribution is -0.140. The van der Waals surface area contributed by atoms with Crippen LogP contribution in [0.5, 0.6) is 0 Å². The summed E-state index contributed by atoms with van der Waals surface area (Å²) in [6.45, 7) is 4.44. The maximum absolute atomic E-state index is 15.2. The maximum Gasteiger partial charge on any atom is 0.419 e. The van der Waals surface area contributed by atoms with Crippen molar-refractivity contribution < 1.29 is 17.6 Å². The molecule has 0 radical (unpaired) electrons. The van der Waals surface area contributed by atoms with Gasteiger partial charge in [0.05, 0.1) is 5.56 Å². The lowest BCUT2D eigenvalue weighted by Gasteiger charge is -2.31. The van der Waals surface area contributed by atoms with E-state index in [0.29, 0.717) is 17.4 Å². The van der Waals surface area contributed by atoms with Gasteiger partial charge in [-0.25, -0.2) is 4.39 Å². The van der Waals surface area contributed by atoms with Crippen LogP contribution in [0.25, 0.3) is 11.1 Å². The van der Waals surface area contributed by atoms with E-state index in [0.717, 1.165) is 37.3 Å². The number of benzene rings is 2. The third-order valence-corrected chi connectivity index (χ3v) is 6.22. The first-order valence-corrected chi connectivity index (χ1v) is 10.7. The summed E-state index contributed by atoms with van der Waals surface area (Å²) in [5.74, 6) is 0.0639. The van der Waals surface area contributed by atoms with Gasteiger partial charge in [-0.05, 0) is 66.2 Å². The highest BCUT2D eigenvalue weighted by molar-refractivity contribution is 5.69. The van der Waals surface area contributed by atoms with E-state index in [1.54, 1.807) is 0 Å². The Morgan fingerprint density at radius 2 is 1.59 bits per heavy atom. The highest BCUT2D eigenvalue weighted by atomic mass is 19.4. The van der Waals surface area contributed by atoms with Gasteiger partial charge in [0.15, 0.2) is 0 Å². The number of rotatable bonds is 6. The average Bonchev–Trinajstić information content (AvgIpc) is 2.68. The Hall–Kier alpha value is -1.84. The molecule has 4 heteroatoms. The summed E-state index contributed by atoms with van der Waals surface area (Å²) in [6, 6.07) is 11.5. The van der Waals surface area contributed by atoms with Crippen molar-refractivity contribution in [1.82, 2.24) is 0 Å². The van der Waals surface area contributed by atoms with Crippen molar-refractivity contribution in [3.05, 3.63) is 59.4 Å². The van der Waals surface area contributed by atoms with Gasteiger partial charge in [0.1, 0.15) is 5.82 Å². The Kier molecular flexibility index (Phi) is 7.02. The molecule has 0 unspecified atom stereocenters. The quantitative estimate of drug-likeness (QED) is 0.421. The largest absolute Gasteiger partial charge is 0.419 e. The van der Waals surface area contributed by atoms with Gasteiger partial charge in [0, 0.05) is 0 Å². The summed E-state index contributed by atoms with van der Waals surface area (Å²) < 4.78 is 55.2. The highest BCUT2D eigenvalue weighted by Crippen LogP contribution is 2.45. The molecule has 3 rings (SSSR count). The molecule has 0 saturated heterocycles. The third kappa shape index (κ3) is 5.40. The van der Waals surface area contributed by atoms with E-state index in [2.05, 4.69) is 13.8 Å². The first-order chi connectivity index (χ1) is 13.8. The normalized spacial score (nSPS) is 20.2. The highest BCUT2D eigenvalue weighted by Gasteiger charge is 2.37. The van der Waals surface area contributed by atoms with E-state index in [-0.39, 0.29) is 11.5 Å². The van der Waals surface area contributed by atoms with Gasteiger partial charge in [0.25, 0.3) is 0 Å². The molecule has 0 N–H and O–H groups in total. The van der Waals surface area contributed by atoms with Crippen LogP contribution >= 0.6 is 0 Å². The Bertz CT molecular complexity index is 784. The lowest BCUT2D eigenvalue weighted by Crippen LogP contribution is -2.18. The van der Waals surface area contributed by atoms with Gasteiger partial charge in [-0.15, -0.1) is 0 Å². The first kappa shape index (κ1) is 21.9. The van der Waals surface area contributed by atoms with E-state index in [1.807, 2.05) is 30.3 Å². The van der Waals surface area contributed by atoms with Crippen molar-refractivity contribution in [2.75, 3.05) is 0 Å². The van der Waals surface area contributed by atoms with Gasteiger partial charge in [0.2, 0.25) is 0 Å². The molecule has 0 bridgehead atoms. The molecule has 0 amide bonds. The molecule has 29 heavy (non-hydrogen) atoms. The fourth-order valence-corrected chi connectivity index (χ4v) is 4.63. The molecule has 1 saturated carbocycles. The van der Waals surface area contributed by atoms with Crippen molar-refractivity contribution >= 4 is 0 Å². The van der Waals surface area contributed by atoms with Gasteiger partial charge in [-0.2, -0.15) is 13.2 Å². The van der Waals surface area contributed by atoms with Crippen LogP contribution in [0.1, 0.15) is 75.8 Å². The molecular formula is C25H30F4. The summed E-state index contributed by atoms with van der Waals surface area (Å²) in [5.41, 5.74) is 0.478. The third-order valence-electron chi connectivity index (χ3n) is 6.22. The molecule has 0 heterocycles. The molecule has 0 spiro atoms. The summed E-state index contributed by atoms with van der Waals surface area (Å²) in [4.78, 5) is 0. The van der Waals surface area contributed by atoms with Crippen molar-refractivity contribution in [3.63, 3.8) is 0 Å². The van der Waals surface area contributed by atoms with Crippen LogP contribution in [0.2, 0.25) is 0 Å². The lowest BCUT2D eigenvalue weighted by atomic mass is 9.74. The van der Waals surface area contributed by atoms with Crippen molar-refractivity contribution in [2.24, 2.45) is 11.8 Å². The van der Waals surface area contributed by atoms with Gasteiger partial charge in [-0.3, -0.25) is 0 Å². The second kappa shape index (κ2) is 9.32. The molecule has 0 aliphatic heterocycles. The molecule has 1 aliphatic rings. The number of alkyl halides is 3. The zero-order chi connectivity index (χ0) is 21.0. The van der Waals surface area contributed by atoms with Crippen LogP contribution in [0.3, 0.4) is 0 Å². The van der Waals surface area contributed by atoms with Crippen molar-refractivity contribution in [1.29, 1.82) is 0 Å². The zero-order valence-corrected chi connectivity index (χ0v) is 17.2. The number of halogens is 4. The van der Waals surface area contributed by atoms with E-state index >= 15 is 4.39 Å². The van der Waals surface area contributed by atoms with Crippen LogP contribution in [-0.2, 0) is 6.18 Å². The molecule has 2 aromatic rings. The second-order valence-corrected chi connectivity index (χ2v) is 8.79. The predicted octanol–water partition coefficient (Wildman–Crippen LogP) is 8.61. The molecule has 1 aliphatic carbocycles. The number of hydrogen-bond acceptors (Lipinski definition) is 0. The Balaban J connectivity index is 1.86. The standard InChI is InChI=1S/C25H30F4/c1-17(2)7-6-8-18-11-13-20(14-12-18)23-21(19-9-4-3-5-10-19)15-16-22(24(23)26)25(27,28)29/h3-5,9-10,15-18,20H,6-8,11-14H2,1-2H3. The summed E-state index contributed by atoms with van der Waals surface area (Å²) >= 11 is 0. The summed E-state index contributed by atoms with van der Waals surface area (Å²) in [5, 5.41) is 0. The maximum atomic E-state index is 15.2.